The van der Waals surface area contributed by atoms with Crippen molar-refractivity contribution in [1.29, 1.82) is 0 Å². The standard InChI is InChI=1S/C39H72INO2/c1-9-10-23-40(8)24-13-11-12-14-30-19-22-39(7)34-20-21-38(6)32(29(4)15-16-31(27-42)28(2)3)17-18-33(38)36(34)35(41-43)26-37(39,5)25-30/h28-36,42H,9-27H2,1-8H3/t29?,30-,31?,32+,33?,34?,35-,36?,37+,38+,39+/m0/s1. The van der Waals surface area contributed by atoms with Gasteiger partial charge in [0, 0.05) is 6.61 Å². The molecule has 4 rings (SSSR count). The molecule has 0 amide bonds. The van der Waals surface area contributed by atoms with Gasteiger partial charge in [-0.05, 0) is 48.3 Å². The number of halogens is 1. The molecule has 43 heavy (non-hydrogen) atoms. The second kappa shape index (κ2) is 15.5. The Bertz CT molecular complexity index is 879. The van der Waals surface area contributed by atoms with Crippen LogP contribution in [0.4, 0.5) is 0 Å². The first-order valence-electron chi connectivity index (χ1n) is 18.9. The van der Waals surface area contributed by atoms with Gasteiger partial charge in [-0.25, -0.2) is 0 Å². The molecule has 4 aliphatic carbocycles. The Hall–Kier alpha value is 0.290. The van der Waals surface area contributed by atoms with Gasteiger partial charge in [0.1, 0.15) is 0 Å². The zero-order chi connectivity index (χ0) is 31.4. The number of fused-ring (bicyclic) bond motifs is 5. The average Bonchev–Trinajstić information content (AvgIpc) is 3.33. The van der Waals surface area contributed by atoms with Crippen LogP contribution >= 0.6 is 19.8 Å². The van der Waals surface area contributed by atoms with Crippen molar-refractivity contribution in [2.24, 2.45) is 68.8 Å². The third-order valence-corrected chi connectivity index (χ3v) is 20.1. The molecule has 4 aliphatic rings. The molecule has 4 fully saturated rings. The van der Waals surface area contributed by atoms with E-state index in [1.165, 1.54) is 89.9 Å². The molecule has 4 saturated carbocycles. The molecule has 0 radical (unpaired) electrons. The molecule has 0 aromatic carbocycles. The topological polar surface area (TPSA) is 49.7 Å². The number of rotatable bonds is 16. The molecule has 3 nitrogen and oxygen atoms in total. The van der Waals surface area contributed by atoms with Crippen molar-refractivity contribution < 1.29 is 5.11 Å². The van der Waals surface area contributed by atoms with E-state index in [0.717, 1.165) is 24.7 Å². The van der Waals surface area contributed by atoms with Crippen molar-refractivity contribution in [3.63, 3.8) is 0 Å². The van der Waals surface area contributed by atoms with Crippen molar-refractivity contribution in [3.8, 4) is 0 Å². The van der Waals surface area contributed by atoms with E-state index in [0.29, 0.717) is 52.9 Å². The van der Waals surface area contributed by atoms with Gasteiger partial charge < -0.3 is 5.11 Å². The van der Waals surface area contributed by atoms with Crippen LogP contribution in [-0.2, 0) is 0 Å². The van der Waals surface area contributed by atoms with Crippen molar-refractivity contribution in [2.45, 2.75) is 157 Å². The summed E-state index contributed by atoms with van der Waals surface area (Å²) in [7, 11) is 0. The van der Waals surface area contributed by atoms with Crippen LogP contribution in [0.15, 0.2) is 5.18 Å². The molecular weight excluding hydrogens is 641 g/mol. The van der Waals surface area contributed by atoms with Crippen molar-refractivity contribution in [2.75, 3.05) is 20.4 Å². The maximum atomic E-state index is 12.7. The number of aliphatic hydroxyl groups is 1. The van der Waals surface area contributed by atoms with Gasteiger partial charge in [-0.2, -0.15) is 0 Å². The zero-order valence-corrected chi connectivity index (χ0v) is 32.0. The third-order valence-electron chi connectivity index (χ3n) is 14.9. The number of hydrogen-bond donors (Lipinski definition) is 1. The first kappa shape index (κ1) is 36.1. The van der Waals surface area contributed by atoms with Crippen molar-refractivity contribution in [1.82, 2.24) is 0 Å². The molecule has 0 bridgehead atoms. The summed E-state index contributed by atoms with van der Waals surface area (Å²) in [6, 6.07) is 0.0235. The Morgan fingerprint density at radius 3 is 2.30 bits per heavy atom. The molecule has 11 atom stereocenters. The van der Waals surface area contributed by atoms with Gasteiger partial charge in [0.2, 0.25) is 0 Å². The number of nitroso groups, excluding NO2 is 1. The molecule has 0 aromatic heterocycles. The summed E-state index contributed by atoms with van der Waals surface area (Å²) in [4.78, 5) is 15.3. The van der Waals surface area contributed by atoms with Gasteiger partial charge in [-0.3, -0.25) is 0 Å². The summed E-state index contributed by atoms with van der Waals surface area (Å²) in [5, 5.41) is 13.9. The first-order valence-corrected chi connectivity index (χ1v) is 24.1. The van der Waals surface area contributed by atoms with Crippen LogP contribution in [0.2, 0.25) is 0 Å². The van der Waals surface area contributed by atoms with Gasteiger partial charge in [0.05, 0.1) is 0 Å². The Kier molecular flexibility index (Phi) is 13.0. The zero-order valence-electron chi connectivity index (χ0n) is 29.8. The second-order valence-corrected chi connectivity index (χ2v) is 23.8. The number of nitrogens with zero attached hydrogens (tertiary/aromatic N) is 1. The normalized spacial score (nSPS) is 40.8. The van der Waals surface area contributed by atoms with E-state index in [1.807, 2.05) is 0 Å². The fourth-order valence-corrected chi connectivity index (χ4v) is 16.3. The van der Waals surface area contributed by atoms with Gasteiger partial charge in [-0.1, -0.05) is 34.1 Å². The first-order chi connectivity index (χ1) is 20.4. The molecule has 0 aliphatic heterocycles. The van der Waals surface area contributed by atoms with Crippen LogP contribution in [0, 0.1) is 68.5 Å². The molecule has 1 N–H and O–H groups in total. The summed E-state index contributed by atoms with van der Waals surface area (Å²) in [5.74, 6) is 5.15. The van der Waals surface area contributed by atoms with Gasteiger partial charge in [0.15, 0.2) is 0 Å². The van der Waals surface area contributed by atoms with Gasteiger partial charge in [0.25, 0.3) is 0 Å². The Morgan fingerprint density at radius 2 is 1.63 bits per heavy atom. The third kappa shape index (κ3) is 7.56. The fraction of sp³-hybridized carbons (Fsp3) is 1.00. The maximum absolute atomic E-state index is 12.7. The summed E-state index contributed by atoms with van der Waals surface area (Å²) < 4.78 is 3.14. The van der Waals surface area contributed by atoms with Crippen LogP contribution in [-0.4, -0.2) is 31.5 Å². The fourth-order valence-electron chi connectivity index (χ4n) is 11.8. The molecule has 5 unspecified atom stereocenters. The number of unbranched alkanes of at least 4 members (excludes halogenated alkanes) is 3. The second-order valence-electron chi connectivity index (χ2n) is 17.5. The molecule has 0 spiro atoms. The Balaban J connectivity index is 1.38. The van der Waals surface area contributed by atoms with Crippen molar-refractivity contribution >= 4 is 19.8 Å². The summed E-state index contributed by atoms with van der Waals surface area (Å²) in [6.45, 7) is 17.6. The average molecular weight is 714 g/mol. The van der Waals surface area contributed by atoms with E-state index in [9.17, 15) is 10.0 Å². The molecule has 0 saturated heterocycles. The molecular formula is C39H72INO2. The van der Waals surface area contributed by atoms with Crippen LogP contribution in [0.3, 0.4) is 0 Å². The van der Waals surface area contributed by atoms with E-state index in [4.69, 9.17) is 0 Å². The van der Waals surface area contributed by atoms with E-state index >= 15 is 0 Å². The molecule has 4 heteroatoms. The molecule has 0 aromatic rings. The molecule has 0 heterocycles. The summed E-state index contributed by atoms with van der Waals surface area (Å²) >= 11 is -0.621. The van der Waals surface area contributed by atoms with E-state index in [2.05, 4.69) is 58.6 Å². The quantitative estimate of drug-likeness (QED) is 0.0749. The van der Waals surface area contributed by atoms with Crippen LogP contribution in [0.1, 0.15) is 151 Å². The van der Waals surface area contributed by atoms with Crippen LogP contribution in [0.25, 0.3) is 0 Å². The van der Waals surface area contributed by atoms with E-state index < -0.39 is 19.8 Å². The molecule has 252 valence electrons. The van der Waals surface area contributed by atoms with Crippen LogP contribution < -0.4 is 0 Å². The Labute approximate surface area is 275 Å². The van der Waals surface area contributed by atoms with Gasteiger partial charge >= 0.3 is 182 Å². The number of alkyl halides is 3. The predicted molar refractivity (Wildman–Crippen MR) is 195 cm³/mol. The number of aliphatic hydroxyl groups excluding tert-OH is 1. The van der Waals surface area contributed by atoms with Crippen molar-refractivity contribution in [3.05, 3.63) is 4.91 Å². The van der Waals surface area contributed by atoms with Crippen LogP contribution in [0.5, 0.6) is 0 Å². The van der Waals surface area contributed by atoms with Gasteiger partial charge in [-0.15, -0.1) is 0 Å². The minimum absolute atomic E-state index is 0.0235. The number of hydrogen-bond acceptors (Lipinski definition) is 3. The Morgan fingerprint density at radius 1 is 0.884 bits per heavy atom. The monoisotopic (exact) mass is 713 g/mol. The summed E-state index contributed by atoms with van der Waals surface area (Å²) in [6.07, 6.45) is 21.5. The van der Waals surface area contributed by atoms with E-state index in [1.54, 1.807) is 8.86 Å². The SMILES string of the molecule is CCCCI(C)CCCCC[C@H]1CC[C@]2(C)C3CC[C@@]4(C)C(CC[C@@H]4C(C)CCC(CO)C(C)C)C3[C@@H](N=O)C[C@@]2(C)C1. The van der Waals surface area contributed by atoms with E-state index in [-0.39, 0.29) is 11.5 Å². The predicted octanol–water partition coefficient (Wildman–Crippen LogP) is 11.6. The minimum atomic E-state index is -0.621. The summed E-state index contributed by atoms with van der Waals surface area (Å²) in [5.41, 5.74) is 0.995.